The number of amides is 1. The topological polar surface area (TPSA) is 63.5 Å². The third-order valence-electron chi connectivity index (χ3n) is 3.67. The Morgan fingerprint density at radius 3 is 2.79 bits per heavy atom. The van der Waals surface area contributed by atoms with Crippen LogP contribution in [0.15, 0.2) is 48.7 Å². The van der Waals surface area contributed by atoms with Gasteiger partial charge in [-0.3, -0.25) is 10.0 Å². The van der Waals surface area contributed by atoms with E-state index < -0.39 is 18.0 Å². The van der Waals surface area contributed by atoms with Gasteiger partial charge in [-0.05, 0) is 48.7 Å². The van der Waals surface area contributed by atoms with Gasteiger partial charge >= 0.3 is 0 Å². The molecule has 1 unspecified atom stereocenters. The Balaban J connectivity index is 1.94. The molecule has 2 N–H and O–H groups in total. The quantitative estimate of drug-likeness (QED) is 0.550. The minimum absolute atomic E-state index is 0.0815. The molecule has 0 bridgehead atoms. The fourth-order valence-electron chi connectivity index (χ4n) is 2.48. The molecule has 0 saturated heterocycles. The summed E-state index contributed by atoms with van der Waals surface area (Å²) in [4.78, 5) is 11.6. The van der Waals surface area contributed by atoms with Crippen LogP contribution in [0.5, 0.6) is 5.75 Å². The number of ether oxygens (including phenoxy) is 1. The lowest BCUT2D eigenvalue weighted by molar-refractivity contribution is 0.0706. The first-order chi connectivity index (χ1) is 11.5. The minimum atomic E-state index is -0.609. The first-order valence-corrected chi connectivity index (χ1v) is 7.54. The molecule has 124 valence electrons. The highest BCUT2D eigenvalue weighted by Gasteiger charge is 2.14. The maximum atomic E-state index is 13.9. The van der Waals surface area contributed by atoms with Crippen molar-refractivity contribution >= 4 is 28.4 Å². The van der Waals surface area contributed by atoms with Crippen LogP contribution in [0, 0.1) is 5.82 Å². The normalized spacial score (nSPS) is 12.2. The first kappa shape index (κ1) is 16.3. The molecule has 0 aliphatic rings. The molecule has 0 spiro atoms. The Kier molecular flexibility index (Phi) is 4.42. The predicted octanol–water partition coefficient (Wildman–Crippen LogP) is 4.15. The average Bonchev–Trinajstić information content (AvgIpc) is 2.99. The first-order valence-electron chi connectivity index (χ1n) is 7.16. The Labute approximate surface area is 142 Å². The lowest BCUT2D eigenvalue weighted by Crippen LogP contribution is -2.18. The number of nitrogens with zero attached hydrogens (tertiary/aromatic N) is 1. The molecule has 3 rings (SSSR count). The van der Waals surface area contributed by atoms with Gasteiger partial charge in [0.25, 0.3) is 5.91 Å². The van der Waals surface area contributed by atoms with Crippen molar-refractivity contribution in [1.29, 1.82) is 0 Å². The summed E-state index contributed by atoms with van der Waals surface area (Å²) in [7, 11) is 0. The summed E-state index contributed by atoms with van der Waals surface area (Å²) in [5.74, 6) is -1.08. The molecule has 0 aliphatic carbocycles. The maximum absolute atomic E-state index is 13.9. The molecule has 0 fully saturated rings. The van der Waals surface area contributed by atoms with Crippen LogP contribution in [-0.2, 0) is 0 Å². The van der Waals surface area contributed by atoms with Crippen LogP contribution in [0.3, 0.4) is 0 Å². The summed E-state index contributed by atoms with van der Waals surface area (Å²) in [6.07, 6.45) is 1.26. The molecule has 24 heavy (non-hydrogen) atoms. The van der Waals surface area contributed by atoms with E-state index in [1.807, 2.05) is 6.07 Å². The fourth-order valence-corrected chi connectivity index (χ4v) is 2.64. The molecule has 1 heterocycles. The van der Waals surface area contributed by atoms with Crippen LogP contribution in [0.2, 0.25) is 5.02 Å². The Bertz CT molecular complexity index is 910. The second-order valence-electron chi connectivity index (χ2n) is 5.23. The number of nitrogens with one attached hydrogen (secondary N) is 1. The zero-order valence-corrected chi connectivity index (χ0v) is 13.4. The molecule has 3 aromatic rings. The number of hydrogen-bond acceptors (Lipinski definition) is 3. The summed E-state index contributed by atoms with van der Waals surface area (Å²) in [6, 6.07) is 11.0. The molecular formula is C17H14ClFN2O3. The fraction of sp³-hybridized carbons (Fsp3) is 0.118. The summed E-state index contributed by atoms with van der Waals surface area (Å²) < 4.78 is 21.3. The van der Waals surface area contributed by atoms with E-state index >= 15 is 0 Å². The molecule has 7 heteroatoms. The van der Waals surface area contributed by atoms with Gasteiger partial charge in [0, 0.05) is 16.8 Å². The third-order valence-corrected chi connectivity index (χ3v) is 3.91. The SMILES string of the molecule is CC(Oc1ccc(Cl)cc1F)n1ccc2ccc(C(=O)NO)cc21. The van der Waals surface area contributed by atoms with E-state index in [-0.39, 0.29) is 5.75 Å². The lowest BCUT2D eigenvalue weighted by Gasteiger charge is -2.18. The Morgan fingerprint density at radius 1 is 1.29 bits per heavy atom. The second kappa shape index (κ2) is 6.51. The molecule has 5 nitrogen and oxygen atoms in total. The highest BCUT2D eigenvalue weighted by molar-refractivity contribution is 6.30. The van der Waals surface area contributed by atoms with Crippen molar-refractivity contribution < 1.29 is 19.1 Å². The van der Waals surface area contributed by atoms with Crippen molar-refractivity contribution in [3.8, 4) is 5.75 Å². The average molecular weight is 349 g/mol. The van der Waals surface area contributed by atoms with Gasteiger partial charge in [0.15, 0.2) is 17.8 Å². The Hall–Kier alpha value is -2.57. The zero-order chi connectivity index (χ0) is 17.3. The lowest BCUT2D eigenvalue weighted by atomic mass is 10.1. The van der Waals surface area contributed by atoms with Crippen LogP contribution >= 0.6 is 11.6 Å². The van der Waals surface area contributed by atoms with Crippen LogP contribution in [-0.4, -0.2) is 15.7 Å². The van der Waals surface area contributed by atoms with Crippen molar-refractivity contribution in [1.82, 2.24) is 10.0 Å². The van der Waals surface area contributed by atoms with Gasteiger partial charge in [-0.25, -0.2) is 9.87 Å². The number of carbonyl (C=O) groups is 1. The third kappa shape index (κ3) is 3.06. The van der Waals surface area contributed by atoms with E-state index in [4.69, 9.17) is 21.5 Å². The summed E-state index contributed by atoms with van der Waals surface area (Å²) in [6.45, 7) is 1.76. The van der Waals surface area contributed by atoms with Gasteiger partial charge in [-0.2, -0.15) is 0 Å². The summed E-state index contributed by atoms with van der Waals surface area (Å²) >= 11 is 5.73. The van der Waals surface area contributed by atoms with Crippen molar-refractivity contribution in [2.45, 2.75) is 13.2 Å². The van der Waals surface area contributed by atoms with Crippen molar-refractivity contribution in [2.24, 2.45) is 0 Å². The molecule has 0 aliphatic heterocycles. The van der Waals surface area contributed by atoms with Crippen molar-refractivity contribution in [2.75, 3.05) is 0 Å². The van der Waals surface area contributed by atoms with Gasteiger partial charge in [-0.1, -0.05) is 17.7 Å². The van der Waals surface area contributed by atoms with Gasteiger partial charge < -0.3 is 9.30 Å². The van der Waals surface area contributed by atoms with Crippen LogP contribution < -0.4 is 10.2 Å². The number of rotatable bonds is 4. The molecule has 1 amide bonds. The zero-order valence-electron chi connectivity index (χ0n) is 12.7. The number of benzene rings is 2. The maximum Gasteiger partial charge on any atom is 0.274 e. The second-order valence-corrected chi connectivity index (χ2v) is 5.67. The molecule has 1 aromatic heterocycles. The molecule has 0 radical (unpaired) electrons. The summed E-state index contributed by atoms with van der Waals surface area (Å²) in [5.41, 5.74) is 2.62. The monoisotopic (exact) mass is 348 g/mol. The van der Waals surface area contributed by atoms with E-state index in [1.54, 1.807) is 47.4 Å². The van der Waals surface area contributed by atoms with Crippen molar-refractivity contribution in [3.05, 3.63) is 65.1 Å². The highest BCUT2D eigenvalue weighted by Crippen LogP contribution is 2.27. The van der Waals surface area contributed by atoms with Gasteiger partial charge in [0.2, 0.25) is 0 Å². The van der Waals surface area contributed by atoms with E-state index in [1.165, 1.54) is 12.1 Å². The largest absolute Gasteiger partial charge is 0.467 e. The van der Waals surface area contributed by atoms with E-state index in [0.717, 1.165) is 10.9 Å². The smallest absolute Gasteiger partial charge is 0.274 e. The number of aromatic nitrogens is 1. The van der Waals surface area contributed by atoms with Crippen LogP contribution in [0.25, 0.3) is 10.9 Å². The number of halogens is 2. The molecule has 0 saturated carbocycles. The molecule has 2 aromatic carbocycles. The minimum Gasteiger partial charge on any atom is -0.467 e. The highest BCUT2D eigenvalue weighted by atomic mass is 35.5. The van der Waals surface area contributed by atoms with Gasteiger partial charge in [-0.15, -0.1) is 0 Å². The standard InChI is InChI=1S/C17H14ClFN2O3/c1-10(24-16-5-4-13(18)9-14(16)19)21-7-6-11-2-3-12(8-15(11)21)17(22)20-23/h2-10,23H,1H3,(H,20,22). The molecular weight excluding hydrogens is 335 g/mol. The van der Waals surface area contributed by atoms with Crippen LogP contribution in [0.4, 0.5) is 4.39 Å². The number of hydrogen-bond donors (Lipinski definition) is 2. The number of hydroxylamine groups is 1. The van der Waals surface area contributed by atoms with Gasteiger partial charge in [0.05, 0.1) is 5.52 Å². The molecule has 1 atom stereocenters. The number of carbonyl (C=O) groups excluding carboxylic acids is 1. The Morgan fingerprint density at radius 2 is 2.08 bits per heavy atom. The van der Waals surface area contributed by atoms with Gasteiger partial charge in [0.1, 0.15) is 0 Å². The van der Waals surface area contributed by atoms with Crippen LogP contribution in [0.1, 0.15) is 23.5 Å². The summed E-state index contributed by atoms with van der Waals surface area (Å²) in [5, 5.41) is 9.93. The van der Waals surface area contributed by atoms with E-state index in [2.05, 4.69) is 0 Å². The van der Waals surface area contributed by atoms with E-state index in [0.29, 0.717) is 10.6 Å². The van der Waals surface area contributed by atoms with E-state index in [9.17, 15) is 9.18 Å². The van der Waals surface area contributed by atoms with Crippen molar-refractivity contribution in [3.63, 3.8) is 0 Å². The predicted molar refractivity (Wildman–Crippen MR) is 87.9 cm³/mol. The number of fused-ring (bicyclic) bond motifs is 1.